The molecule has 0 aliphatic carbocycles. The average molecular weight is 900 g/mol. The number of amides is 1. The molecule has 340 valence electrons. The Labute approximate surface area is 353 Å². The Balaban J connectivity index is 1.75. The van der Waals surface area contributed by atoms with Crippen LogP contribution in [0.4, 0.5) is 0 Å². The number of nitrogens with zero attached hydrogens (tertiary/aromatic N) is 3. The number of benzene rings is 1. The minimum atomic E-state index is -4.01. The third kappa shape index (κ3) is 13.5. The number of hydrogen-bond donors (Lipinski definition) is 2. The number of sulfonamides is 1. The van der Waals surface area contributed by atoms with Gasteiger partial charge in [-0.05, 0) is 24.3 Å². The summed E-state index contributed by atoms with van der Waals surface area (Å²) in [6, 6.07) is 4.78. The molecule has 0 saturated carbocycles. The highest BCUT2D eigenvalue weighted by atomic mass is 32.2. The van der Waals surface area contributed by atoms with Gasteiger partial charge in [0.25, 0.3) is 5.91 Å². The molecule has 2 fully saturated rings. The van der Waals surface area contributed by atoms with Crippen LogP contribution < -0.4 is 10.5 Å². The SMILES string of the molecule is CC(=O)OC[C@H]1O[C@@H](n2cc(CNC(=O)c3ccc(S(N)(=O)=O)cc3)nn2)[C@H](OC(C)=O)[C@@H](OC(C)=O)[C@@H]1O[C@H]1O[C@H](COC(C)=O)[C@@H](OC(C)=O)[C@H](OC(C)=O)[C@H]1OC(C)=O. The molecule has 1 amide bonds. The van der Waals surface area contributed by atoms with Crippen LogP contribution in [0.1, 0.15) is 70.7 Å². The van der Waals surface area contributed by atoms with Gasteiger partial charge in [0.15, 0.2) is 43.0 Å². The van der Waals surface area contributed by atoms with E-state index >= 15 is 0 Å². The number of primary sulfonamides is 1. The van der Waals surface area contributed by atoms with E-state index in [2.05, 4.69) is 15.6 Å². The Bertz CT molecular complexity index is 2110. The number of aromatic nitrogens is 3. The number of ether oxygens (including phenoxy) is 10. The summed E-state index contributed by atoms with van der Waals surface area (Å²) >= 11 is 0. The predicted molar refractivity (Wildman–Crippen MR) is 197 cm³/mol. The van der Waals surface area contributed by atoms with Gasteiger partial charge in [0.05, 0.1) is 17.6 Å². The predicted octanol–water partition coefficient (Wildman–Crippen LogP) is -1.35. The van der Waals surface area contributed by atoms with E-state index in [0.717, 1.165) is 65.3 Å². The Morgan fingerprint density at radius 2 is 1.11 bits per heavy atom. The van der Waals surface area contributed by atoms with Crippen molar-refractivity contribution < 1.29 is 94.1 Å². The zero-order valence-electron chi connectivity index (χ0n) is 34.3. The largest absolute Gasteiger partial charge is 0.463 e. The van der Waals surface area contributed by atoms with E-state index in [-0.39, 0.29) is 22.7 Å². The summed E-state index contributed by atoms with van der Waals surface area (Å²) in [5, 5.41) is 15.8. The second kappa shape index (κ2) is 21.1. The quantitative estimate of drug-likeness (QED) is 0.145. The molecule has 0 bridgehead atoms. The fourth-order valence-corrected chi connectivity index (χ4v) is 6.81. The minimum Gasteiger partial charge on any atom is -0.463 e. The van der Waals surface area contributed by atoms with Crippen LogP contribution in [0.3, 0.4) is 0 Å². The second-order valence-corrected chi connectivity index (χ2v) is 15.2. The van der Waals surface area contributed by atoms with Crippen LogP contribution in [0.15, 0.2) is 35.4 Å². The topological polar surface area (TPSA) is 332 Å². The Morgan fingerprint density at radius 1 is 0.645 bits per heavy atom. The summed E-state index contributed by atoms with van der Waals surface area (Å²) in [7, 11) is -4.01. The van der Waals surface area contributed by atoms with Gasteiger partial charge in [-0.2, -0.15) is 0 Å². The maximum absolute atomic E-state index is 12.8. The first kappa shape index (κ1) is 48.6. The highest BCUT2D eigenvalue weighted by Crippen LogP contribution is 2.38. The maximum atomic E-state index is 12.8. The van der Waals surface area contributed by atoms with Gasteiger partial charge < -0.3 is 52.7 Å². The molecular weight excluding hydrogens is 854 g/mol. The van der Waals surface area contributed by atoms with Gasteiger partial charge in [-0.1, -0.05) is 5.21 Å². The van der Waals surface area contributed by atoms with Gasteiger partial charge in [-0.15, -0.1) is 5.10 Å². The Kier molecular flexibility index (Phi) is 16.6. The number of carbonyl (C=O) groups excluding carboxylic acids is 8. The highest BCUT2D eigenvalue weighted by Gasteiger charge is 2.58. The lowest BCUT2D eigenvalue weighted by Gasteiger charge is -2.48. The van der Waals surface area contributed by atoms with E-state index in [1.807, 2.05) is 0 Å². The smallest absolute Gasteiger partial charge is 0.303 e. The van der Waals surface area contributed by atoms with Gasteiger partial charge in [-0.3, -0.25) is 38.4 Å². The molecule has 1 aromatic carbocycles. The summed E-state index contributed by atoms with van der Waals surface area (Å²) in [5.74, 6) is -6.90. The number of esters is 7. The molecular formula is C36H45N5O20S. The molecule has 4 rings (SSSR count). The zero-order chi connectivity index (χ0) is 46.1. The van der Waals surface area contributed by atoms with Gasteiger partial charge >= 0.3 is 41.8 Å². The summed E-state index contributed by atoms with van der Waals surface area (Å²) in [5.41, 5.74) is 0.191. The van der Waals surface area contributed by atoms with Crippen molar-refractivity contribution in [3.63, 3.8) is 0 Å². The third-order valence-corrected chi connectivity index (χ3v) is 9.53. The van der Waals surface area contributed by atoms with Crippen LogP contribution in [-0.2, 0) is 97.5 Å². The minimum absolute atomic E-state index is 0.0792. The van der Waals surface area contributed by atoms with E-state index in [9.17, 15) is 46.8 Å². The molecule has 25 nitrogen and oxygen atoms in total. The lowest BCUT2D eigenvalue weighted by molar-refractivity contribution is -0.349. The third-order valence-electron chi connectivity index (χ3n) is 8.60. The normalized spacial score (nSPS) is 25.9. The van der Waals surface area contributed by atoms with Crippen molar-refractivity contribution in [1.29, 1.82) is 0 Å². The van der Waals surface area contributed by atoms with Crippen molar-refractivity contribution in [2.24, 2.45) is 5.14 Å². The van der Waals surface area contributed by atoms with Crippen LogP contribution in [0.5, 0.6) is 0 Å². The maximum Gasteiger partial charge on any atom is 0.303 e. The number of carbonyl (C=O) groups is 8. The zero-order valence-corrected chi connectivity index (χ0v) is 35.1. The van der Waals surface area contributed by atoms with Crippen molar-refractivity contribution in [1.82, 2.24) is 20.3 Å². The van der Waals surface area contributed by atoms with Gasteiger partial charge in [0, 0.05) is 54.0 Å². The first-order valence-electron chi connectivity index (χ1n) is 18.4. The molecule has 2 saturated heterocycles. The van der Waals surface area contributed by atoms with Crippen LogP contribution >= 0.6 is 0 Å². The number of nitrogens with one attached hydrogen (secondary N) is 1. The van der Waals surface area contributed by atoms with Crippen molar-refractivity contribution in [2.45, 2.75) is 121 Å². The lowest BCUT2D eigenvalue weighted by atomic mass is 9.95. The molecule has 3 N–H and O–H groups in total. The molecule has 62 heavy (non-hydrogen) atoms. The van der Waals surface area contributed by atoms with Crippen LogP contribution in [0.2, 0.25) is 0 Å². The van der Waals surface area contributed by atoms with E-state index in [1.165, 1.54) is 18.3 Å². The standard InChI is InChI=1S/C36H45N5O20S/c1-16(42)52-14-26-29(61-36-33(58-22(7)48)31(56-20(5)46)28(54-18(3)44)27(60-36)15-53-17(2)43)30(55-19(4)45)32(57-21(6)47)35(59-26)41-13-24(39-40-41)12-38-34(49)23-8-10-25(11-9-23)62(37,50)51/h8-11,13,26-33,35-36H,12,14-15H2,1-7H3,(H,38,49)(H2,37,50,51)/t26-,27-,28-,29-,30+,31+,32-,33-,35-,36-/m1/s1. The summed E-state index contributed by atoms with van der Waals surface area (Å²) in [4.78, 5) is 99.2. The van der Waals surface area contributed by atoms with Crippen molar-refractivity contribution in [3.8, 4) is 0 Å². The number of rotatable bonds is 16. The fourth-order valence-electron chi connectivity index (χ4n) is 6.29. The number of hydrogen-bond acceptors (Lipinski definition) is 22. The molecule has 10 atom stereocenters. The molecule has 2 aliphatic heterocycles. The molecule has 0 radical (unpaired) electrons. The first-order valence-corrected chi connectivity index (χ1v) is 20.0. The van der Waals surface area contributed by atoms with Gasteiger partial charge in [0.2, 0.25) is 10.0 Å². The summed E-state index contributed by atoms with van der Waals surface area (Å²) in [6.07, 6.45) is -15.2. The van der Waals surface area contributed by atoms with E-state index in [1.54, 1.807) is 0 Å². The number of nitrogens with two attached hydrogens (primary N) is 1. The van der Waals surface area contributed by atoms with Crippen molar-refractivity contribution >= 4 is 57.7 Å². The molecule has 0 spiro atoms. The van der Waals surface area contributed by atoms with Gasteiger partial charge in [0.1, 0.15) is 37.2 Å². The van der Waals surface area contributed by atoms with Gasteiger partial charge in [-0.25, -0.2) is 18.2 Å². The summed E-state index contributed by atoms with van der Waals surface area (Å²) < 4.78 is 81.1. The average Bonchev–Trinajstić information content (AvgIpc) is 3.63. The van der Waals surface area contributed by atoms with E-state index < -0.39 is 132 Å². The summed E-state index contributed by atoms with van der Waals surface area (Å²) in [6.45, 7) is 5.71. The molecule has 0 unspecified atom stereocenters. The van der Waals surface area contributed by atoms with Crippen LogP contribution in [-0.4, -0.2) is 139 Å². The molecule has 26 heteroatoms. The van der Waals surface area contributed by atoms with Crippen LogP contribution in [0.25, 0.3) is 0 Å². The Hall–Kier alpha value is -6.09. The van der Waals surface area contributed by atoms with Crippen molar-refractivity contribution in [3.05, 3.63) is 41.7 Å². The lowest BCUT2D eigenvalue weighted by Crippen LogP contribution is -2.66. The van der Waals surface area contributed by atoms with Crippen molar-refractivity contribution in [2.75, 3.05) is 13.2 Å². The fraction of sp³-hybridized carbons (Fsp3) is 0.556. The first-order chi connectivity index (χ1) is 29.0. The van der Waals surface area contributed by atoms with E-state index in [4.69, 9.17) is 52.5 Å². The Morgan fingerprint density at radius 3 is 1.61 bits per heavy atom. The highest BCUT2D eigenvalue weighted by molar-refractivity contribution is 7.89. The monoisotopic (exact) mass is 899 g/mol. The second-order valence-electron chi connectivity index (χ2n) is 13.6. The molecule has 1 aromatic heterocycles. The van der Waals surface area contributed by atoms with E-state index in [0.29, 0.717) is 0 Å². The molecule has 3 heterocycles. The molecule has 2 aromatic rings. The molecule has 2 aliphatic rings. The van der Waals surface area contributed by atoms with Crippen LogP contribution in [0, 0.1) is 0 Å².